The molecule has 0 bridgehead atoms. The van der Waals surface area contributed by atoms with Crippen molar-refractivity contribution in [2.24, 2.45) is 0 Å². The molecule has 6 heteroatoms. The number of ketones is 1. The number of para-hydroxylation sites is 1. The van der Waals surface area contributed by atoms with Gasteiger partial charge in [-0.2, -0.15) is 0 Å². The quantitative estimate of drug-likeness (QED) is 0.639. The molecule has 0 aromatic heterocycles. The number of hydrogen-bond acceptors (Lipinski definition) is 5. The Bertz CT molecular complexity index is 790. The van der Waals surface area contributed by atoms with Gasteiger partial charge in [-0.1, -0.05) is 42.5 Å². The first-order valence-electron chi connectivity index (χ1n) is 8.77. The van der Waals surface area contributed by atoms with Gasteiger partial charge in [0.15, 0.2) is 0 Å². The molecule has 0 saturated carbocycles. The fourth-order valence-corrected chi connectivity index (χ4v) is 3.22. The Kier molecular flexibility index (Phi) is 5.73. The molecule has 1 heterocycles. The van der Waals surface area contributed by atoms with Crippen LogP contribution < -0.4 is 4.65 Å². The highest BCUT2D eigenvalue weighted by Crippen LogP contribution is 2.36. The van der Waals surface area contributed by atoms with Crippen molar-refractivity contribution in [2.75, 3.05) is 6.61 Å². The Balaban J connectivity index is 1.71. The summed E-state index contributed by atoms with van der Waals surface area (Å²) in [7, 11) is -1.13. The lowest BCUT2D eigenvalue weighted by Gasteiger charge is -2.28. The van der Waals surface area contributed by atoms with Crippen molar-refractivity contribution in [3.63, 3.8) is 0 Å². The first-order valence-corrected chi connectivity index (χ1v) is 8.77. The first-order chi connectivity index (χ1) is 12.6. The third kappa shape index (κ3) is 4.14. The van der Waals surface area contributed by atoms with Crippen molar-refractivity contribution >= 4 is 18.9 Å². The molecule has 0 unspecified atom stereocenters. The number of fused-ring (bicyclic) bond motifs is 1. The van der Waals surface area contributed by atoms with Gasteiger partial charge in [-0.3, -0.25) is 4.79 Å². The van der Waals surface area contributed by atoms with Crippen molar-refractivity contribution in [1.29, 1.82) is 0 Å². The molecule has 0 aliphatic carbocycles. The van der Waals surface area contributed by atoms with Gasteiger partial charge in [-0.15, -0.1) is 0 Å². The Morgan fingerprint density at radius 2 is 1.96 bits per heavy atom. The van der Waals surface area contributed by atoms with E-state index in [0.29, 0.717) is 24.2 Å². The van der Waals surface area contributed by atoms with Gasteiger partial charge in [-0.25, -0.2) is 4.79 Å². The van der Waals surface area contributed by atoms with Gasteiger partial charge in [0.25, 0.3) is 0 Å². The van der Waals surface area contributed by atoms with E-state index in [0.717, 1.165) is 11.1 Å². The van der Waals surface area contributed by atoms with Crippen LogP contribution in [0.3, 0.4) is 0 Å². The minimum Gasteiger partial charge on any atom is -0.535 e. The van der Waals surface area contributed by atoms with Crippen LogP contribution in [-0.2, 0) is 22.4 Å². The molecule has 0 amide bonds. The topological polar surface area (TPSA) is 72.8 Å². The van der Waals surface area contributed by atoms with Crippen molar-refractivity contribution in [2.45, 2.75) is 32.0 Å². The minimum atomic E-state index is -1.13. The zero-order valence-corrected chi connectivity index (χ0v) is 14.7. The number of carbonyl (C=O) groups excluding carboxylic acids is 2. The first kappa shape index (κ1) is 18.2. The largest absolute Gasteiger partial charge is 0.535 e. The van der Waals surface area contributed by atoms with Crippen molar-refractivity contribution in [1.82, 2.24) is 0 Å². The highest BCUT2D eigenvalue weighted by molar-refractivity contribution is 6.47. The number of ether oxygens (including phenoxy) is 1. The molecule has 2 aromatic carbocycles. The number of carbonyl (C=O) groups is 2. The Labute approximate surface area is 153 Å². The summed E-state index contributed by atoms with van der Waals surface area (Å²) < 4.78 is 10.6. The molecule has 0 spiro atoms. The highest BCUT2D eigenvalue weighted by Gasteiger charge is 2.37. The van der Waals surface area contributed by atoms with Crippen LogP contribution in [0, 0.1) is 0 Å². The van der Waals surface area contributed by atoms with Crippen LogP contribution in [0.2, 0.25) is 5.82 Å². The number of benzene rings is 2. The molecule has 1 atom stereocenters. The van der Waals surface area contributed by atoms with Crippen LogP contribution in [0.1, 0.15) is 34.8 Å². The standard InChI is InChI=1S/C20H21BO5/c1-2-25-20(23)18-10-6-9-15-12-16(21(24)26-19(15)18)13-17(22)11-14-7-4-3-5-8-14/h3-10,16,24H,2,11-13H2,1H3/t16-/m1/s1. The lowest BCUT2D eigenvalue weighted by Crippen LogP contribution is -2.36. The lowest BCUT2D eigenvalue weighted by molar-refractivity contribution is -0.118. The van der Waals surface area contributed by atoms with E-state index in [1.165, 1.54) is 0 Å². The predicted molar refractivity (Wildman–Crippen MR) is 98.2 cm³/mol. The van der Waals surface area contributed by atoms with E-state index in [4.69, 9.17) is 9.39 Å². The summed E-state index contributed by atoms with van der Waals surface area (Å²) in [6.07, 6.45) is 1.03. The molecule has 1 aliphatic heterocycles. The maximum absolute atomic E-state index is 12.4. The molecule has 0 radical (unpaired) electrons. The Morgan fingerprint density at radius 1 is 1.19 bits per heavy atom. The smallest absolute Gasteiger partial charge is 0.526 e. The number of Topliss-reactive ketones (excluding diaryl/α,β-unsaturated/α-hetero) is 1. The average molecular weight is 352 g/mol. The summed E-state index contributed by atoms with van der Waals surface area (Å²) in [6, 6.07) is 14.7. The molecule has 1 aliphatic rings. The Morgan fingerprint density at radius 3 is 2.69 bits per heavy atom. The normalized spacial score (nSPS) is 15.8. The second-order valence-corrected chi connectivity index (χ2v) is 6.39. The third-order valence-electron chi connectivity index (χ3n) is 4.45. The van der Waals surface area contributed by atoms with Gasteiger partial charge >= 0.3 is 13.1 Å². The molecular formula is C20H21BO5. The van der Waals surface area contributed by atoms with Crippen LogP contribution in [-0.4, -0.2) is 30.5 Å². The lowest BCUT2D eigenvalue weighted by atomic mass is 9.64. The number of esters is 1. The van der Waals surface area contributed by atoms with E-state index in [2.05, 4.69) is 0 Å². The summed E-state index contributed by atoms with van der Waals surface area (Å²) in [6.45, 7) is 2.00. The summed E-state index contributed by atoms with van der Waals surface area (Å²) in [5, 5.41) is 10.3. The molecule has 2 aromatic rings. The van der Waals surface area contributed by atoms with Gasteiger partial charge in [0.1, 0.15) is 17.1 Å². The molecule has 134 valence electrons. The van der Waals surface area contributed by atoms with E-state index in [1.54, 1.807) is 19.1 Å². The monoisotopic (exact) mass is 352 g/mol. The zero-order chi connectivity index (χ0) is 18.5. The van der Waals surface area contributed by atoms with Crippen LogP contribution >= 0.6 is 0 Å². The summed E-state index contributed by atoms with van der Waals surface area (Å²) in [5.74, 6) is -0.412. The van der Waals surface area contributed by atoms with Gasteiger partial charge in [0.2, 0.25) is 0 Å². The molecule has 1 N–H and O–H groups in total. The van der Waals surface area contributed by atoms with Crippen molar-refractivity contribution in [3.05, 3.63) is 65.2 Å². The van der Waals surface area contributed by atoms with E-state index < -0.39 is 13.1 Å². The van der Waals surface area contributed by atoms with E-state index in [-0.39, 0.29) is 24.6 Å². The van der Waals surface area contributed by atoms with Gasteiger partial charge in [0.05, 0.1) is 6.61 Å². The molecular weight excluding hydrogens is 331 g/mol. The van der Waals surface area contributed by atoms with Gasteiger partial charge in [0, 0.05) is 18.7 Å². The maximum atomic E-state index is 12.4. The van der Waals surface area contributed by atoms with Crippen LogP contribution in [0.15, 0.2) is 48.5 Å². The van der Waals surface area contributed by atoms with Crippen LogP contribution in [0.4, 0.5) is 0 Å². The van der Waals surface area contributed by atoms with Crippen molar-refractivity contribution < 1.29 is 24.0 Å². The fraction of sp³-hybridized carbons (Fsp3) is 0.300. The number of rotatable bonds is 6. The number of hydrogen-bond donors (Lipinski definition) is 1. The van der Waals surface area contributed by atoms with Gasteiger partial charge < -0.3 is 14.4 Å². The Hall–Kier alpha value is -2.60. The molecule has 3 rings (SSSR count). The summed E-state index contributed by atoms with van der Waals surface area (Å²) in [5.41, 5.74) is 2.06. The molecule has 0 fully saturated rings. The SMILES string of the molecule is CCOC(=O)c1cccc2c1OB(O)[C@@H](CC(=O)Cc1ccccc1)C2. The maximum Gasteiger partial charge on any atom is 0.526 e. The second kappa shape index (κ2) is 8.19. The van der Waals surface area contributed by atoms with Crippen LogP contribution in [0.25, 0.3) is 0 Å². The summed E-state index contributed by atoms with van der Waals surface area (Å²) >= 11 is 0. The van der Waals surface area contributed by atoms with E-state index in [9.17, 15) is 14.6 Å². The highest BCUT2D eigenvalue weighted by atomic mass is 16.5. The average Bonchev–Trinajstić information content (AvgIpc) is 2.63. The molecule has 0 saturated heterocycles. The fourth-order valence-electron chi connectivity index (χ4n) is 3.22. The second-order valence-electron chi connectivity index (χ2n) is 6.39. The zero-order valence-electron chi connectivity index (χ0n) is 14.7. The predicted octanol–water partition coefficient (Wildman–Crippen LogP) is 2.85. The van der Waals surface area contributed by atoms with Gasteiger partial charge in [-0.05, 0) is 30.5 Å². The summed E-state index contributed by atoms with van der Waals surface area (Å²) in [4.78, 5) is 24.4. The van der Waals surface area contributed by atoms with Crippen molar-refractivity contribution in [3.8, 4) is 5.75 Å². The minimum absolute atomic E-state index is 0.0499. The van der Waals surface area contributed by atoms with E-state index >= 15 is 0 Å². The van der Waals surface area contributed by atoms with E-state index in [1.807, 2.05) is 36.4 Å². The molecule has 5 nitrogen and oxygen atoms in total. The van der Waals surface area contributed by atoms with Crippen LogP contribution in [0.5, 0.6) is 5.75 Å². The molecule has 26 heavy (non-hydrogen) atoms. The third-order valence-corrected chi connectivity index (χ3v) is 4.45.